The maximum Gasteiger partial charge on any atom is 0.269 e. The second kappa shape index (κ2) is 3.53. The van der Waals surface area contributed by atoms with Crippen LogP contribution in [0.15, 0.2) is 0 Å². The van der Waals surface area contributed by atoms with Gasteiger partial charge in [0, 0.05) is 0 Å². The Morgan fingerprint density at radius 2 is 2.15 bits per heavy atom. The molecule has 1 fully saturated rings. The van der Waals surface area contributed by atoms with Crippen LogP contribution in [-0.2, 0) is 23.8 Å². The molecule has 1 aliphatic rings. The molecule has 0 bridgehead atoms. The molecule has 0 aromatic rings. The van der Waals surface area contributed by atoms with Gasteiger partial charge >= 0.3 is 0 Å². The first-order valence-corrected chi connectivity index (χ1v) is 5.52. The van der Waals surface area contributed by atoms with Crippen molar-refractivity contribution in [2.45, 2.75) is 25.7 Å². The highest BCUT2D eigenvalue weighted by atomic mass is 32.2. The van der Waals surface area contributed by atoms with Gasteiger partial charge in [0.15, 0.2) is 5.79 Å². The fourth-order valence-electron chi connectivity index (χ4n) is 1.14. The Kier molecular flexibility index (Phi) is 2.96. The Balaban J connectivity index is 2.50. The van der Waals surface area contributed by atoms with Gasteiger partial charge in [0.25, 0.3) is 10.1 Å². The second-order valence-electron chi connectivity index (χ2n) is 3.34. The van der Waals surface area contributed by atoms with Gasteiger partial charge in [0.1, 0.15) is 11.9 Å². The van der Waals surface area contributed by atoms with Crippen LogP contribution in [0, 0.1) is 0 Å². The van der Waals surface area contributed by atoms with Gasteiger partial charge in [-0.1, -0.05) is 0 Å². The Bertz CT molecular complexity index is 269. The van der Waals surface area contributed by atoms with Gasteiger partial charge in [0.2, 0.25) is 0 Å². The van der Waals surface area contributed by atoms with E-state index in [-0.39, 0.29) is 12.4 Å². The molecule has 1 rings (SSSR count). The molecule has 1 atom stereocenters. The molecule has 0 saturated carbocycles. The minimum atomic E-state index is -3.46. The predicted molar refractivity (Wildman–Crippen MR) is 45.7 cm³/mol. The molecule has 0 aromatic carbocycles. The summed E-state index contributed by atoms with van der Waals surface area (Å²) in [5.41, 5.74) is 0. The highest BCUT2D eigenvalue weighted by Gasteiger charge is 2.35. The van der Waals surface area contributed by atoms with Crippen LogP contribution in [0.1, 0.15) is 13.8 Å². The molecule has 5 nitrogen and oxygen atoms in total. The van der Waals surface area contributed by atoms with Gasteiger partial charge in [-0.05, 0) is 13.8 Å². The topological polar surface area (TPSA) is 61.8 Å². The van der Waals surface area contributed by atoms with Crippen LogP contribution in [0.3, 0.4) is 0 Å². The number of rotatable bonds is 3. The fourth-order valence-corrected chi connectivity index (χ4v) is 1.90. The average molecular weight is 210 g/mol. The van der Waals surface area contributed by atoms with Gasteiger partial charge in [-0.15, -0.1) is 0 Å². The third-order valence-electron chi connectivity index (χ3n) is 1.71. The lowest BCUT2D eigenvalue weighted by atomic mass is 10.4. The zero-order chi connectivity index (χ0) is 10.1. The van der Waals surface area contributed by atoms with Crippen LogP contribution < -0.4 is 0 Å². The minimum absolute atomic E-state index is 0.160. The molecule has 13 heavy (non-hydrogen) atoms. The summed E-state index contributed by atoms with van der Waals surface area (Å²) in [6.07, 6.45) is -0.431. The Morgan fingerprint density at radius 1 is 1.54 bits per heavy atom. The van der Waals surface area contributed by atoms with Crippen molar-refractivity contribution in [1.82, 2.24) is 0 Å². The SMILES string of the molecule is COS(=O)(=O)CC1COC(C)(C)O1. The van der Waals surface area contributed by atoms with E-state index in [0.717, 1.165) is 7.11 Å². The van der Waals surface area contributed by atoms with E-state index in [0.29, 0.717) is 0 Å². The molecule has 1 saturated heterocycles. The van der Waals surface area contributed by atoms with Crippen molar-refractivity contribution >= 4 is 10.1 Å². The largest absolute Gasteiger partial charge is 0.348 e. The molecule has 0 aromatic heterocycles. The van der Waals surface area contributed by atoms with Gasteiger partial charge in [0.05, 0.1) is 13.7 Å². The van der Waals surface area contributed by atoms with Crippen molar-refractivity contribution < 1.29 is 22.1 Å². The molecule has 6 heteroatoms. The van der Waals surface area contributed by atoms with Crippen LogP contribution in [0.25, 0.3) is 0 Å². The first-order chi connectivity index (χ1) is 5.85. The van der Waals surface area contributed by atoms with E-state index in [1.54, 1.807) is 13.8 Å². The van der Waals surface area contributed by atoms with Crippen LogP contribution in [0.2, 0.25) is 0 Å². The van der Waals surface area contributed by atoms with Gasteiger partial charge in [-0.3, -0.25) is 4.18 Å². The normalized spacial score (nSPS) is 27.8. The lowest BCUT2D eigenvalue weighted by Crippen LogP contribution is -2.26. The van der Waals surface area contributed by atoms with E-state index in [9.17, 15) is 8.42 Å². The first-order valence-electron chi connectivity index (χ1n) is 3.95. The Hall–Kier alpha value is -0.170. The zero-order valence-corrected chi connectivity index (χ0v) is 8.76. The molecule has 0 amide bonds. The van der Waals surface area contributed by atoms with Gasteiger partial charge in [-0.25, -0.2) is 0 Å². The molecular weight excluding hydrogens is 196 g/mol. The fraction of sp³-hybridized carbons (Fsp3) is 1.00. The molecule has 0 spiro atoms. The monoisotopic (exact) mass is 210 g/mol. The quantitative estimate of drug-likeness (QED) is 0.619. The third kappa shape index (κ3) is 3.22. The summed E-state index contributed by atoms with van der Waals surface area (Å²) in [5.74, 6) is -0.846. The van der Waals surface area contributed by atoms with Crippen molar-refractivity contribution in [2.24, 2.45) is 0 Å². The molecule has 1 unspecified atom stereocenters. The zero-order valence-electron chi connectivity index (χ0n) is 7.94. The van der Waals surface area contributed by atoms with Crippen molar-refractivity contribution in [3.05, 3.63) is 0 Å². The van der Waals surface area contributed by atoms with Crippen LogP contribution >= 0.6 is 0 Å². The minimum Gasteiger partial charge on any atom is -0.348 e. The van der Waals surface area contributed by atoms with Crippen molar-refractivity contribution in [3.8, 4) is 0 Å². The summed E-state index contributed by atoms with van der Waals surface area (Å²) in [6.45, 7) is 3.77. The van der Waals surface area contributed by atoms with E-state index in [1.807, 2.05) is 0 Å². The molecule has 1 aliphatic heterocycles. The van der Waals surface area contributed by atoms with Crippen molar-refractivity contribution in [3.63, 3.8) is 0 Å². The summed E-state index contributed by atoms with van der Waals surface area (Å²) in [4.78, 5) is 0. The molecule has 78 valence electrons. The smallest absolute Gasteiger partial charge is 0.269 e. The lowest BCUT2D eigenvalue weighted by molar-refractivity contribution is -0.135. The lowest BCUT2D eigenvalue weighted by Gasteiger charge is -2.16. The first kappa shape index (κ1) is 10.9. The van der Waals surface area contributed by atoms with Gasteiger partial charge < -0.3 is 9.47 Å². The number of ether oxygens (including phenoxy) is 2. The van der Waals surface area contributed by atoms with E-state index >= 15 is 0 Å². The van der Waals surface area contributed by atoms with E-state index in [2.05, 4.69) is 4.18 Å². The summed E-state index contributed by atoms with van der Waals surface area (Å²) < 4.78 is 36.8. The molecule has 0 N–H and O–H groups in total. The summed E-state index contributed by atoms with van der Waals surface area (Å²) >= 11 is 0. The van der Waals surface area contributed by atoms with Crippen LogP contribution in [-0.4, -0.2) is 39.8 Å². The second-order valence-corrected chi connectivity index (χ2v) is 5.12. The predicted octanol–water partition coefficient (Wildman–Crippen LogP) is 0.114. The third-order valence-corrected chi connectivity index (χ3v) is 3.00. The maximum atomic E-state index is 11.0. The molecule has 1 heterocycles. The van der Waals surface area contributed by atoms with Gasteiger partial charge in [-0.2, -0.15) is 8.42 Å². The summed E-state index contributed by atoms with van der Waals surface area (Å²) in [7, 11) is -2.32. The molecule has 0 radical (unpaired) electrons. The van der Waals surface area contributed by atoms with Crippen LogP contribution in [0.4, 0.5) is 0 Å². The van der Waals surface area contributed by atoms with E-state index in [4.69, 9.17) is 9.47 Å². The Labute approximate surface area is 78.1 Å². The number of hydrogen-bond acceptors (Lipinski definition) is 5. The highest BCUT2D eigenvalue weighted by Crippen LogP contribution is 2.23. The Morgan fingerprint density at radius 3 is 2.54 bits per heavy atom. The molecule has 0 aliphatic carbocycles. The van der Waals surface area contributed by atoms with Crippen LogP contribution in [0.5, 0.6) is 0 Å². The van der Waals surface area contributed by atoms with E-state index < -0.39 is 22.0 Å². The summed E-state index contributed by atoms with van der Waals surface area (Å²) in [6, 6.07) is 0. The standard InChI is InChI=1S/C7H14O5S/c1-7(2)11-4-6(12-7)5-13(8,9)10-3/h6H,4-5H2,1-3H3. The highest BCUT2D eigenvalue weighted by molar-refractivity contribution is 7.86. The average Bonchev–Trinajstić information content (AvgIpc) is 2.29. The van der Waals surface area contributed by atoms with Crippen molar-refractivity contribution in [2.75, 3.05) is 19.5 Å². The maximum absolute atomic E-state index is 11.0. The van der Waals surface area contributed by atoms with E-state index in [1.165, 1.54) is 0 Å². The summed E-state index contributed by atoms with van der Waals surface area (Å²) in [5, 5.41) is 0. The number of hydrogen-bond donors (Lipinski definition) is 0. The molecular formula is C7H14O5S. The van der Waals surface area contributed by atoms with Crippen molar-refractivity contribution in [1.29, 1.82) is 0 Å².